The molecule has 0 radical (unpaired) electrons. The van der Waals surface area contributed by atoms with Gasteiger partial charge in [-0.2, -0.15) is 0 Å². The van der Waals surface area contributed by atoms with Crippen LogP contribution >= 0.6 is 0 Å². The van der Waals surface area contributed by atoms with Crippen LogP contribution in [0.2, 0.25) is 0 Å². The Balaban J connectivity index is 1.28. The molecule has 1 aliphatic rings. The molecule has 4 heterocycles. The molecule has 1 fully saturated rings. The van der Waals surface area contributed by atoms with Gasteiger partial charge in [0.05, 0.1) is 17.5 Å². The van der Waals surface area contributed by atoms with Gasteiger partial charge in [0, 0.05) is 44.3 Å². The molecule has 4 aromatic rings. The van der Waals surface area contributed by atoms with Crippen molar-refractivity contribution in [2.75, 3.05) is 23.7 Å². The maximum absolute atomic E-state index is 13.5. The number of benzene rings is 1. The summed E-state index contributed by atoms with van der Waals surface area (Å²) in [7, 11) is 1.57. The van der Waals surface area contributed by atoms with Crippen LogP contribution in [0.4, 0.5) is 26.6 Å². The Morgan fingerprint density at radius 2 is 1.84 bits per heavy atom. The van der Waals surface area contributed by atoms with E-state index in [0.717, 1.165) is 25.9 Å². The van der Waals surface area contributed by atoms with Crippen LogP contribution in [0, 0.1) is 5.82 Å². The third-order valence-electron chi connectivity index (χ3n) is 5.86. The van der Waals surface area contributed by atoms with Gasteiger partial charge in [-0.25, -0.2) is 19.2 Å². The minimum absolute atomic E-state index is 0.180. The molecule has 0 atom stereocenters. The van der Waals surface area contributed by atoms with Crippen molar-refractivity contribution in [3.8, 4) is 22.8 Å². The normalized spacial score (nSPS) is 12.9. The van der Waals surface area contributed by atoms with Crippen molar-refractivity contribution >= 4 is 23.5 Å². The molecular weight excluding hydrogens is 477 g/mol. The van der Waals surface area contributed by atoms with Gasteiger partial charge in [-0.15, -0.1) is 0 Å². The Bertz CT molecular complexity index is 1480. The van der Waals surface area contributed by atoms with E-state index in [9.17, 15) is 14.0 Å². The summed E-state index contributed by atoms with van der Waals surface area (Å²) in [6.45, 7) is 1.48. The number of urea groups is 1. The quantitative estimate of drug-likeness (QED) is 0.399. The molecular formula is C26H24FN7O3. The SMILES string of the molecule is Cn1c(Nc2cccc(F)c2)ncc(-c2ccc(Oc3ccnc(NC(=O)N4CCCC4)c3)cn2)c1=O. The van der Waals surface area contributed by atoms with E-state index in [-0.39, 0.29) is 17.5 Å². The highest BCUT2D eigenvalue weighted by atomic mass is 19.1. The fourth-order valence-electron chi connectivity index (χ4n) is 3.92. The van der Waals surface area contributed by atoms with Gasteiger partial charge in [-0.3, -0.25) is 19.7 Å². The number of anilines is 3. The summed E-state index contributed by atoms with van der Waals surface area (Å²) in [6.07, 6.45) is 6.48. The Morgan fingerprint density at radius 3 is 2.59 bits per heavy atom. The lowest BCUT2D eigenvalue weighted by Gasteiger charge is -2.16. The van der Waals surface area contributed by atoms with Crippen LogP contribution in [0.3, 0.4) is 0 Å². The first kappa shape index (κ1) is 23.9. The Hall–Kier alpha value is -4.80. The zero-order chi connectivity index (χ0) is 25.8. The summed E-state index contributed by atoms with van der Waals surface area (Å²) < 4.78 is 20.7. The third-order valence-corrected chi connectivity index (χ3v) is 5.86. The highest BCUT2D eigenvalue weighted by molar-refractivity contribution is 5.88. The number of carbonyl (C=O) groups excluding carboxylic acids is 1. The highest BCUT2D eigenvalue weighted by Crippen LogP contribution is 2.25. The number of rotatable bonds is 6. The van der Waals surface area contributed by atoms with Crippen molar-refractivity contribution in [3.05, 3.63) is 83.3 Å². The van der Waals surface area contributed by atoms with Crippen molar-refractivity contribution in [1.29, 1.82) is 0 Å². The van der Waals surface area contributed by atoms with E-state index < -0.39 is 5.82 Å². The van der Waals surface area contributed by atoms with E-state index in [1.807, 2.05) is 0 Å². The van der Waals surface area contributed by atoms with E-state index in [1.54, 1.807) is 54.5 Å². The predicted molar refractivity (Wildman–Crippen MR) is 137 cm³/mol. The van der Waals surface area contributed by atoms with Crippen LogP contribution < -0.4 is 20.9 Å². The average Bonchev–Trinajstić information content (AvgIpc) is 3.43. The first-order valence-corrected chi connectivity index (χ1v) is 11.7. The summed E-state index contributed by atoms with van der Waals surface area (Å²) in [5.74, 6) is 1.19. The smallest absolute Gasteiger partial charge is 0.323 e. The van der Waals surface area contributed by atoms with Gasteiger partial charge in [-0.1, -0.05) is 6.07 Å². The molecule has 37 heavy (non-hydrogen) atoms. The molecule has 2 amide bonds. The van der Waals surface area contributed by atoms with Crippen molar-refractivity contribution in [1.82, 2.24) is 24.4 Å². The lowest BCUT2D eigenvalue weighted by Crippen LogP contribution is -2.32. The highest BCUT2D eigenvalue weighted by Gasteiger charge is 2.18. The predicted octanol–water partition coefficient (Wildman–Crippen LogP) is 4.54. The first-order chi connectivity index (χ1) is 18.0. The summed E-state index contributed by atoms with van der Waals surface area (Å²) in [4.78, 5) is 39.8. The van der Waals surface area contributed by atoms with Gasteiger partial charge in [-0.05, 0) is 49.2 Å². The van der Waals surface area contributed by atoms with E-state index in [0.29, 0.717) is 34.3 Å². The molecule has 1 saturated heterocycles. The molecule has 3 aromatic heterocycles. The number of hydrogen-bond donors (Lipinski definition) is 2. The van der Waals surface area contributed by atoms with Crippen molar-refractivity contribution in [3.63, 3.8) is 0 Å². The van der Waals surface area contributed by atoms with E-state index in [2.05, 4.69) is 25.6 Å². The van der Waals surface area contributed by atoms with E-state index >= 15 is 0 Å². The molecule has 0 saturated carbocycles. The standard InChI is InChI=1S/C26H24FN7O3/c1-33-24(35)21(16-30-25(33)31-18-6-4-5-17(27)13-18)22-8-7-20(15-29-22)37-19-9-10-28-23(14-19)32-26(36)34-11-2-3-12-34/h4-10,13-16H,2-3,11-12H2,1H3,(H,30,31)(H,28,32,36). The molecule has 1 aliphatic heterocycles. The molecule has 0 spiro atoms. The molecule has 10 nitrogen and oxygen atoms in total. The minimum Gasteiger partial charge on any atom is -0.456 e. The van der Waals surface area contributed by atoms with Gasteiger partial charge in [0.15, 0.2) is 0 Å². The number of aromatic nitrogens is 4. The number of carbonyl (C=O) groups is 1. The summed E-state index contributed by atoms with van der Waals surface area (Å²) in [6, 6.07) is 12.4. The van der Waals surface area contributed by atoms with Crippen molar-refractivity contribution in [2.45, 2.75) is 12.8 Å². The molecule has 0 unspecified atom stereocenters. The molecule has 1 aromatic carbocycles. The summed E-state index contributed by atoms with van der Waals surface area (Å²) >= 11 is 0. The fourth-order valence-corrected chi connectivity index (χ4v) is 3.92. The number of pyridine rings is 2. The second-order valence-electron chi connectivity index (χ2n) is 8.48. The van der Waals surface area contributed by atoms with Crippen LogP contribution in [0.5, 0.6) is 11.5 Å². The van der Waals surface area contributed by atoms with Gasteiger partial charge in [0.2, 0.25) is 5.95 Å². The summed E-state index contributed by atoms with van der Waals surface area (Å²) in [5, 5.41) is 5.73. The molecule has 188 valence electrons. The second-order valence-corrected chi connectivity index (χ2v) is 8.48. The van der Waals surface area contributed by atoms with Gasteiger partial charge in [0.1, 0.15) is 23.1 Å². The molecule has 5 rings (SSSR count). The Labute approximate surface area is 211 Å². The average molecular weight is 502 g/mol. The van der Waals surface area contributed by atoms with Crippen molar-refractivity contribution < 1.29 is 13.9 Å². The minimum atomic E-state index is -0.395. The number of nitrogens with one attached hydrogen (secondary N) is 2. The lowest BCUT2D eigenvalue weighted by molar-refractivity contribution is 0.222. The number of nitrogens with zero attached hydrogens (tertiary/aromatic N) is 5. The Kier molecular flexibility index (Phi) is 6.75. The maximum Gasteiger partial charge on any atom is 0.323 e. The van der Waals surface area contributed by atoms with E-state index in [1.165, 1.54) is 29.1 Å². The van der Waals surface area contributed by atoms with Crippen LogP contribution in [-0.2, 0) is 7.05 Å². The number of hydrogen-bond acceptors (Lipinski definition) is 7. The van der Waals surface area contributed by atoms with Crippen LogP contribution in [0.25, 0.3) is 11.3 Å². The second kappa shape index (κ2) is 10.4. The van der Waals surface area contributed by atoms with Gasteiger partial charge >= 0.3 is 6.03 Å². The number of halogens is 1. The zero-order valence-corrected chi connectivity index (χ0v) is 20.0. The Morgan fingerprint density at radius 1 is 1.00 bits per heavy atom. The molecule has 2 N–H and O–H groups in total. The zero-order valence-electron chi connectivity index (χ0n) is 20.0. The number of amides is 2. The molecule has 0 bridgehead atoms. The lowest BCUT2D eigenvalue weighted by atomic mass is 10.2. The maximum atomic E-state index is 13.5. The van der Waals surface area contributed by atoms with E-state index in [4.69, 9.17) is 4.74 Å². The number of ether oxygens (including phenoxy) is 1. The van der Waals surface area contributed by atoms with Gasteiger partial charge < -0.3 is 15.0 Å². The first-order valence-electron chi connectivity index (χ1n) is 11.7. The van der Waals surface area contributed by atoms with Crippen LogP contribution in [-0.4, -0.2) is 43.5 Å². The van der Waals surface area contributed by atoms with Crippen LogP contribution in [0.1, 0.15) is 12.8 Å². The van der Waals surface area contributed by atoms with Gasteiger partial charge in [0.25, 0.3) is 5.56 Å². The third kappa shape index (κ3) is 5.56. The monoisotopic (exact) mass is 501 g/mol. The molecule has 0 aliphatic carbocycles. The fraction of sp³-hybridized carbons (Fsp3) is 0.192. The topological polar surface area (TPSA) is 114 Å². The van der Waals surface area contributed by atoms with Crippen molar-refractivity contribution in [2.24, 2.45) is 7.05 Å². The van der Waals surface area contributed by atoms with Crippen LogP contribution in [0.15, 0.2) is 71.9 Å². The molecule has 11 heteroatoms. The number of likely N-dealkylation sites (tertiary alicyclic amines) is 1. The largest absolute Gasteiger partial charge is 0.456 e. The summed E-state index contributed by atoms with van der Waals surface area (Å²) in [5.41, 5.74) is 0.882.